The first kappa shape index (κ1) is 14.8. The lowest BCUT2D eigenvalue weighted by atomic mass is 10.1. The summed E-state index contributed by atoms with van der Waals surface area (Å²) < 4.78 is 11.5. The number of rotatable bonds is 6. The summed E-state index contributed by atoms with van der Waals surface area (Å²) in [4.78, 5) is 11.9. The first-order chi connectivity index (χ1) is 9.69. The molecule has 0 bridgehead atoms. The van der Waals surface area contributed by atoms with Gasteiger partial charge in [-0.1, -0.05) is 28.1 Å². The fourth-order valence-corrected chi connectivity index (χ4v) is 2.20. The molecule has 0 saturated carbocycles. The fourth-order valence-electron chi connectivity index (χ4n) is 1.75. The van der Waals surface area contributed by atoms with Crippen molar-refractivity contribution in [1.82, 2.24) is 0 Å². The molecule has 0 aliphatic rings. The second-order valence-corrected chi connectivity index (χ2v) is 5.19. The molecule has 0 aliphatic heterocycles. The highest BCUT2D eigenvalue weighted by atomic mass is 79.9. The standard InChI is InChI=1S/C16H15BrO3/c1-19-15-7-5-13(6-8-15)16(18)11-20-10-12-3-2-4-14(17)9-12/h2-9H,10-11H2,1H3. The normalized spacial score (nSPS) is 10.3. The van der Waals surface area contributed by atoms with Gasteiger partial charge in [0, 0.05) is 10.0 Å². The van der Waals surface area contributed by atoms with Crippen LogP contribution in [0.1, 0.15) is 15.9 Å². The van der Waals surface area contributed by atoms with Crippen molar-refractivity contribution in [3.63, 3.8) is 0 Å². The maximum atomic E-state index is 11.9. The van der Waals surface area contributed by atoms with Gasteiger partial charge in [-0.25, -0.2) is 0 Å². The molecule has 2 rings (SSSR count). The Bertz CT molecular complexity index is 579. The van der Waals surface area contributed by atoms with E-state index >= 15 is 0 Å². The Morgan fingerprint density at radius 1 is 1.15 bits per heavy atom. The molecule has 0 aliphatic carbocycles. The maximum Gasteiger partial charge on any atom is 0.188 e. The molecule has 0 radical (unpaired) electrons. The topological polar surface area (TPSA) is 35.5 Å². The minimum absolute atomic E-state index is 0.0392. The maximum absolute atomic E-state index is 11.9. The predicted molar refractivity (Wildman–Crippen MR) is 81.1 cm³/mol. The zero-order valence-corrected chi connectivity index (χ0v) is 12.7. The zero-order valence-electron chi connectivity index (χ0n) is 11.1. The summed E-state index contributed by atoms with van der Waals surface area (Å²) in [5.74, 6) is 0.694. The van der Waals surface area contributed by atoms with E-state index in [1.54, 1.807) is 31.4 Å². The summed E-state index contributed by atoms with van der Waals surface area (Å²) >= 11 is 3.40. The number of methoxy groups -OCH3 is 1. The summed E-state index contributed by atoms with van der Waals surface area (Å²) in [7, 11) is 1.60. The molecule has 0 N–H and O–H groups in total. The highest BCUT2D eigenvalue weighted by Gasteiger charge is 2.06. The summed E-state index contributed by atoms with van der Waals surface area (Å²) in [5, 5.41) is 0. The third-order valence-electron chi connectivity index (χ3n) is 2.80. The Labute approximate surface area is 126 Å². The lowest BCUT2D eigenvalue weighted by molar-refractivity contribution is 0.0726. The number of hydrogen-bond acceptors (Lipinski definition) is 3. The van der Waals surface area contributed by atoms with Gasteiger partial charge in [-0.3, -0.25) is 4.79 Å². The van der Waals surface area contributed by atoms with Crippen molar-refractivity contribution < 1.29 is 14.3 Å². The fraction of sp³-hybridized carbons (Fsp3) is 0.188. The van der Waals surface area contributed by atoms with Crippen LogP contribution in [0.4, 0.5) is 0 Å². The van der Waals surface area contributed by atoms with E-state index in [0.29, 0.717) is 12.2 Å². The number of benzene rings is 2. The van der Waals surface area contributed by atoms with E-state index in [1.165, 1.54) is 0 Å². The van der Waals surface area contributed by atoms with Gasteiger partial charge < -0.3 is 9.47 Å². The largest absolute Gasteiger partial charge is 0.497 e. The van der Waals surface area contributed by atoms with Gasteiger partial charge in [-0.2, -0.15) is 0 Å². The van der Waals surface area contributed by atoms with Crippen LogP contribution in [0.25, 0.3) is 0 Å². The second-order valence-electron chi connectivity index (χ2n) is 4.27. The van der Waals surface area contributed by atoms with Crippen LogP contribution in [0.2, 0.25) is 0 Å². The quantitative estimate of drug-likeness (QED) is 0.752. The van der Waals surface area contributed by atoms with Crippen molar-refractivity contribution in [2.75, 3.05) is 13.7 Å². The van der Waals surface area contributed by atoms with E-state index in [-0.39, 0.29) is 12.4 Å². The molecule has 104 valence electrons. The van der Waals surface area contributed by atoms with Crippen molar-refractivity contribution in [3.8, 4) is 5.75 Å². The SMILES string of the molecule is COc1ccc(C(=O)COCc2cccc(Br)c2)cc1. The van der Waals surface area contributed by atoms with Gasteiger partial charge in [0.1, 0.15) is 12.4 Å². The number of carbonyl (C=O) groups excluding carboxylic acids is 1. The Morgan fingerprint density at radius 2 is 1.90 bits per heavy atom. The molecule has 0 saturated heterocycles. The van der Waals surface area contributed by atoms with E-state index in [9.17, 15) is 4.79 Å². The van der Waals surface area contributed by atoms with Gasteiger partial charge in [0.2, 0.25) is 0 Å². The average Bonchev–Trinajstić information content (AvgIpc) is 2.47. The Balaban J connectivity index is 1.85. The third-order valence-corrected chi connectivity index (χ3v) is 3.30. The molecular formula is C16H15BrO3. The molecular weight excluding hydrogens is 320 g/mol. The van der Waals surface area contributed by atoms with Crippen LogP contribution in [0.15, 0.2) is 53.0 Å². The van der Waals surface area contributed by atoms with E-state index in [2.05, 4.69) is 15.9 Å². The molecule has 0 amide bonds. The minimum atomic E-state index is -0.0392. The molecule has 0 spiro atoms. The van der Waals surface area contributed by atoms with Gasteiger partial charge in [0.25, 0.3) is 0 Å². The van der Waals surface area contributed by atoms with Crippen LogP contribution in [-0.2, 0) is 11.3 Å². The van der Waals surface area contributed by atoms with Crippen LogP contribution in [0.5, 0.6) is 5.75 Å². The van der Waals surface area contributed by atoms with Crippen LogP contribution in [-0.4, -0.2) is 19.5 Å². The van der Waals surface area contributed by atoms with Gasteiger partial charge in [-0.05, 0) is 42.0 Å². The van der Waals surface area contributed by atoms with E-state index in [4.69, 9.17) is 9.47 Å². The lowest BCUT2D eigenvalue weighted by Gasteiger charge is -2.05. The molecule has 0 unspecified atom stereocenters. The van der Waals surface area contributed by atoms with Crippen LogP contribution < -0.4 is 4.74 Å². The molecule has 4 heteroatoms. The monoisotopic (exact) mass is 334 g/mol. The number of hydrogen-bond donors (Lipinski definition) is 0. The van der Waals surface area contributed by atoms with Crippen molar-refractivity contribution >= 4 is 21.7 Å². The van der Waals surface area contributed by atoms with Crippen LogP contribution in [0, 0.1) is 0 Å². The number of halogens is 1. The Morgan fingerprint density at radius 3 is 2.55 bits per heavy atom. The first-order valence-electron chi connectivity index (χ1n) is 6.18. The molecule has 0 aromatic heterocycles. The summed E-state index contributed by atoms with van der Waals surface area (Å²) in [5.41, 5.74) is 1.65. The lowest BCUT2D eigenvalue weighted by Crippen LogP contribution is -2.09. The van der Waals surface area contributed by atoms with Crippen molar-refractivity contribution in [3.05, 3.63) is 64.1 Å². The predicted octanol–water partition coefficient (Wildman–Crippen LogP) is 3.86. The van der Waals surface area contributed by atoms with Crippen molar-refractivity contribution in [2.45, 2.75) is 6.61 Å². The zero-order chi connectivity index (χ0) is 14.4. The molecule has 0 fully saturated rings. The van der Waals surface area contributed by atoms with E-state index in [0.717, 1.165) is 15.8 Å². The number of carbonyl (C=O) groups is 1. The third kappa shape index (κ3) is 4.18. The summed E-state index contributed by atoms with van der Waals surface area (Å²) in [6.07, 6.45) is 0. The van der Waals surface area contributed by atoms with E-state index < -0.39 is 0 Å². The average molecular weight is 335 g/mol. The number of ether oxygens (including phenoxy) is 2. The van der Waals surface area contributed by atoms with Crippen molar-refractivity contribution in [1.29, 1.82) is 0 Å². The van der Waals surface area contributed by atoms with Gasteiger partial charge in [0.05, 0.1) is 13.7 Å². The number of Topliss-reactive ketones (excluding diaryl/α,β-unsaturated/α-hetero) is 1. The van der Waals surface area contributed by atoms with Crippen molar-refractivity contribution in [2.24, 2.45) is 0 Å². The molecule has 20 heavy (non-hydrogen) atoms. The molecule has 0 heterocycles. The summed E-state index contributed by atoms with van der Waals surface area (Å²) in [6, 6.07) is 14.8. The highest BCUT2D eigenvalue weighted by Crippen LogP contribution is 2.14. The summed E-state index contributed by atoms with van der Waals surface area (Å²) in [6.45, 7) is 0.486. The molecule has 2 aromatic rings. The van der Waals surface area contributed by atoms with Crippen LogP contribution >= 0.6 is 15.9 Å². The molecule has 0 atom stereocenters. The first-order valence-corrected chi connectivity index (χ1v) is 6.98. The van der Waals surface area contributed by atoms with E-state index in [1.807, 2.05) is 24.3 Å². The molecule has 2 aromatic carbocycles. The smallest absolute Gasteiger partial charge is 0.188 e. The molecule has 3 nitrogen and oxygen atoms in total. The Hall–Kier alpha value is -1.65. The van der Waals surface area contributed by atoms with Crippen LogP contribution in [0.3, 0.4) is 0 Å². The number of ketones is 1. The second kappa shape index (κ2) is 7.22. The Kier molecular flexibility index (Phi) is 5.32. The van der Waals surface area contributed by atoms with Gasteiger partial charge in [0.15, 0.2) is 5.78 Å². The van der Waals surface area contributed by atoms with Gasteiger partial charge >= 0.3 is 0 Å². The highest BCUT2D eigenvalue weighted by molar-refractivity contribution is 9.10. The van der Waals surface area contributed by atoms with Gasteiger partial charge in [-0.15, -0.1) is 0 Å². The minimum Gasteiger partial charge on any atom is -0.497 e.